The Bertz CT molecular complexity index is 689. The number of fused-ring (bicyclic) bond motifs is 1. The van der Waals surface area contributed by atoms with Crippen LogP contribution in [0.5, 0.6) is 0 Å². The van der Waals surface area contributed by atoms with Gasteiger partial charge in [-0.3, -0.25) is 4.98 Å². The molecule has 0 unspecified atom stereocenters. The van der Waals surface area contributed by atoms with Gasteiger partial charge in [-0.2, -0.15) is 0 Å². The molecule has 0 atom stereocenters. The maximum Gasteiger partial charge on any atom is 0.242 e. The molecule has 0 spiro atoms. The third-order valence-electron chi connectivity index (χ3n) is 2.77. The predicted octanol–water partition coefficient (Wildman–Crippen LogP) is 1.59. The fourth-order valence-electron chi connectivity index (χ4n) is 1.85. The Hall–Kier alpha value is -1.21. The first-order valence-corrected chi connectivity index (χ1v) is 7.58. The van der Waals surface area contributed by atoms with E-state index >= 15 is 0 Å². The third kappa shape index (κ3) is 3.67. The topological polar surface area (TPSA) is 85.1 Å². The van der Waals surface area contributed by atoms with Crippen molar-refractivity contribution < 1.29 is 8.42 Å². The van der Waals surface area contributed by atoms with Crippen LogP contribution < -0.4 is 10.5 Å². The summed E-state index contributed by atoms with van der Waals surface area (Å²) < 4.78 is 27.0. The minimum atomic E-state index is -3.54. The van der Waals surface area contributed by atoms with E-state index < -0.39 is 10.0 Å². The number of halogens is 1. The van der Waals surface area contributed by atoms with Gasteiger partial charge in [-0.1, -0.05) is 12.1 Å². The lowest BCUT2D eigenvalue weighted by atomic mass is 10.2. The number of nitrogens with one attached hydrogen (secondary N) is 1. The molecule has 2 rings (SSSR count). The first kappa shape index (κ1) is 16.8. The average Bonchev–Trinajstić information content (AvgIpc) is 2.37. The first-order chi connectivity index (χ1) is 9.04. The van der Waals surface area contributed by atoms with Crippen molar-refractivity contribution in [2.24, 2.45) is 5.73 Å². The molecule has 2 aromatic rings. The Kier molecular flexibility index (Phi) is 5.88. The lowest BCUT2D eigenvalue weighted by molar-refractivity contribution is 0.580. The molecule has 0 radical (unpaired) electrons. The second kappa shape index (κ2) is 6.99. The maximum absolute atomic E-state index is 12.2. The van der Waals surface area contributed by atoms with Gasteiger partial charge >= 0.3 is 0 Å². The number of nitrogens with two attached hydrogens (primary N) is 1. The summed E-state index contributed by atoms with van der Waals surface area (Å²) in [7, 11) is -3.54. The molecule has 3 N–H and O–H groups in total. The summed E-state index contributed by atoms with van der Waals surface area (Å²) in [6.45, 7) is 2.71. The van der Waals surface area contributed by atoms with Crippen LogP contribution in [0.2, 0.25) is 0 Å². The highest BCUT2D eigenvalue weighted by molar-refractivity contribution is 7.89. The molecule has 0 bridgehead atoms. The summed E-state index contributed by atoms with van der Waals surface area (Å²) in [5.41, 5.74) is 6.85. The zero-order valence-corrected chi connectivity index (χ0v) is 12.8. The Balaban J connectivity index is 0.00000200. The predicted molar refractivity (Wildman–Crippen MR) is 82.6 cm³/mol. The molecule has 1 aromatic heterocycles. The lowest BCUT2D eigenvalue weighted by Crippen LogP contribution is -2.26. The molecule has 0 saturated heterocycles. The van der Waals surface area contributed by atoms with E-state index in [-0.39, 0.29) is 17.3 Å². The fraction of sp³-hybridized carbons (Fsp3) is 0.308. The molecule has 0 aliphatic heterocycles. The van der Waals surface area contributed by atoms with Crippen LogP contribution in [0, 0.1) is 6.92 Å². The van der Waals surface area contributed by atoms with Crippen LogP contribution >= 0.6 is 12.4 Å². The molecule has 7 heteroatoms. The first-order valence-electron chi connectivity index (χ1n) is 6.10. The number of hydrogen-bond donors (Lipinski definition) is 2. The molecule has 5 nitrogen and oxygen atoms in total. The summed E-state index contributed by atoms with van der Waals surface area (Å²) in [4.78, 5) is 4.44. The SMILES string of the molecule is Cc1cnc2c(S(=O)(=O)NCCCN)cccc2c1.Cl. The maximum atomic E-state index is 12.2. The number of sulfonamides is 1. The Morgan fingerprint density at radius 1 is 1.35 bits per heavy atom. The second-order valence-electron chi connectivity index (χ2n) is 4.38. The van der Waals surface area contributed by atoms with Crippen LogP contribution in [0.25, 0.3) is 10.9 Å². The zero-order valence-electron chi connectivity index (χ0n) is 11.2. The van der Waals surface area contributed by atoms with Crippen LogP contribution in [-0.2, 0) is 10.0 Å². The van der Waals surface area contributed by atoms with Gasteiger partial charge in [-0.05, 0) is 37.6 Å². The van der Waals surface area contributed by atoms with Gasteiger partial charge in [0.25, 0.3) is 0 Å². The molecule has 1 aromatic carbocycles. The van der Waals surface area contributed by atoms with Crippen molar-refractivity contribution in [3.05, 3.63) is 36.0 Å². The van der Waals surface area contributed by atoms with Gasteiger partial charge in [0.05, 0.1) is 5.52 Å². The number of benzene rings is 1. The smallest absolute Gasteiger partial charge is 0.242 e. The molecule has 20 heavy (non-hydrogen) atoms. The van der Waals surface area contributed by atoms with Crippen molar-refractivity contribution in [1.82, 2.24) is 9.71 Å². The van der Waals surface area contributed by atoms with Gasteiger partial charge in [-0.25, -0.2) is 13.1 Å². The van der Waals surface area contributed by atoms with Crippen molar-refractivity contribution in [3.63, 3.8) is 0 Å². The van der Waals surface area contributed by atoms with Crippen LogP contribution in [0.15, 0.2) is 35.4 Å². The highest BCUT2D eigenvalue weighted by atomic mass is 35.5. The Morgan fingerprint density at radius 3 is 2.80 bits per heavy atom. The highest BCUT2D eigenvalue weighted by Gasteiger charge is 2.17. The average molecular weight is 316 g/mol. The van der Waals surface area contributed by atoms with E-state index in [1.54, 1.807) is 18.3 Å². The van der Waals surface area contributed by atoms with Gasteiger partial charge in [-0.15, -0.1) is 12.4 Å². The van der Waals surface area contributed by atoms with Crippen LogP contribution in [0.4, 0.5) is 0 Å². The van der Waals surface area contributed by atoms with Gasteiger partial charge < -0.3 is 5.73 Å². The fourth-order valence-corrected chi connectivity index (χ4v) is 3.10. The standard InChI is InChI=1S/C13H17N3O2S.ClH/c1-10-8-11-4-2-5-12(13(11)15-9-10)19(17,18)16-7-3-6-14;/h2,4-5,8-9,16H,3,6-7,14H2,1H3;1H. The van der Waals surface area contributed by atoms with E-state index in [1.165, 1.54) is 0 Å². The lowest BCUT2D eigenvalue weighted by Gasteiger charge is -2.08. The number of aryl methyl sites for hydroxylation is 1. The van der Waals surface area contributed by atoms with E-state index in [2.05, 4.69) is 9.71 Å². The van der Waals surface area contributed by atoms with Crippen LogP contribution in [0.3, 0.4) is 0 Å². The molecule has 0 aliphatic carbocycles. The number of nitrogens with zero attached hydrogens (tertiary/aromatic N) is 1. The van der Waals surface area contributed by atoms with E-state index in [0.29, 0.717) is 25.0 Å². The Morgan fingerprint density at radius 2 is 2.10 bits per heavy atom. The van der Waals surface area contributed by atoms with E-state index in [1.807, 2.05) is 19.1 Å². The minimum absolute atomic E-state index is 0. The zero-order chi connectivity index (χ0) is 13.9. The molecular formula is C13H18ClN3O2S. The van der Waals surface area contributed by atoms with Crippen LogP contribution in [-0.4, -0.2) is 26.5 Å². The van der Waals surface area contributed by atoms with E-state index in [9.17, 15) is 8.42 Å². The second-order valence-corrected chi connectivity index (χ2v) is 6.12. The molecule has 1 heterocycles. The van der Waals surface area contributed by atoms with Crippen molar-refractivity contribution >= 4 is 33.3 Å². The molecule has 0 aliphatic rings. The summed E-state index contributed by atoms with van der Waals surface area (Å²) in [5.74, 6) is 0. The van der Waals surface area contributed by atoms with Crippen molar-refractivity contribution in [2.75, 3.05) is 13.1 Å². The molecule has 0 amide bonds. The largest absolute Gasteiger partial charge is 0.330 e. The normalized spacial score (nSPS) is 11.3. The summed E-state index contributed by atoms with van der Waals surface area (Å²) in [6, 6.07) is 7.06. The number of aromatic nitrogens is 1. The quantitative estimate of drug-likeness (QED) is 0.821. The van der Waals surface area contributed by atoms with Gasteiger partial charge in [0, 0.05) is 18.1 Å². The molecule has 0 fully saturated rings. The third-order valence-corrected chi connectivity index (χ3v) is 4.27. The van der Waals surface area contributed by atoms with Gasteiger partial charge in [0.15, 0.2) is 0 Å². The van der Waals surface area contributed by atoms with Crippen LogP contribution in [0.1, 0.15) is 12.0 Å². The number of hydrogen-bond acceptors (Lipinski definition) is 4. The summed E-state index contributed by atoms with van der Waals surface area (Å²) in [5, 5.41) is 0.821. The molecule has 0 saturated carbocycles. The Labute approximate surface area is 125 Å². The van der Waals surface area contributed by atoms with Gasteiger partial charge in [0.2, 0.25) is 10.0 Å². The molecule has 110 valence electrons. The minimum Gasteiger partial charge on any atom is -0.330 e. The highest BCUT2D eigenvalue weighted by Crippen LogP contribution is 2.21. The van der Waals surface area contributed by atoms with E-state index in [4.69, 9.17) is 5.73 Å². The summed E-state index contributed by atoms with van der Waals surface area (Å²) >= 11 is 0. The van der Waals surface area contributed by atoms with Crippen molar-refractivity contribution in [2.45, 2.75) is 18.2 Å². The number of rotatable bonds is 5. The molecular weight excluding hydrogens is 298 g/mol. The van der Waals surface area contributed by atoms with Gasteiger partial charge in [0.1, 0.15) is 4.90 Å². The van der Waals surface area contributed by atoms with E-state index in [0.717, 1.165) is 10.9 Å². The monoisotopic (exact) mass is 315 g/mol. The number of pyridine rings is 1. The van der Waals surface area contributed by atoms with Crippen molar-refractivity contribution in [1.29, 1.82) is 0 Å². The van der Waals surface area contributed by atoms with Crippen molar-refractivity contribution in [3.8, 4) is 0 Å². The summed E-state index contributed by atoms with van der Waals surface area (Å²) in [6.07, 6.45) is 2.28. The number of para-hydroxylation sites is 1.